The Kier molecular flexibility index (Phi) is 7.00. The van der Waals surface area contributed by atoms with Crippen LogP contribution in [0, 0.1) is 6.92 Å². The van der Waals surface area contributed by atoms with E-state index in [0.717, 1.165) is 45.6 Å². The zero-order valence-electron chi connectivity index (χ0n) is 21.3. The van der Waals surface area contributed by atoms with Crippen molar-refractivity contribution in [3.05, 3.63) is 71.1 Å². The molecular formula is C28H30F2N6S. The molecule has 1 aromatic carbocycles. The Bertz CT molecular complexity index is 1460. The summed E-state index contributed by atoms with van der Waals surface area (Å²) in [6.45, 7) is 12.7. The third-order valence-corrected chi connectivity index (χ3v) is 8.15. The predicted octanol–water partition coefficient (Wildman–Crippen LogP) is 5.89. The van der Waals surface area contributed by atoms with Crippen LogP contribution in [0.3, 0.4) is 0 Å². The summed E-state index contributed by atoms with van der Waals surface area (Å²) in [5.41, 5.74) is 5.96. The van der Waals surface area contributed by atoms with Crippen LogP contribution in [-0.4, -0.2) is 51.1 Å². The molecule has 0 radical (unpaired) electrons. The molecule has 1 saturated heterocycles. The number of thioether (sulfide) groups is 1. The maximum absolute atomic E-state index is 15.4. The van der Waals surface area contributed by atoms with Gasteiger partial charge in [-0.2, -0.15) is 5.10 Å². The number of benzene rings is 1. The number of aryl methyl sites for hydroxylation is 2. The van der Waals surface area contributed by atoms with Crippen molar-refractivity contribution in [1.82, 2.24) is 24.9 Å². The van der Waals surface area contributed by atoms with E-state index in [1.807, 2.05) is 47.8 Å². The number of allylic oxidation sites excluding steroid dienone is 3. The number of nitrogens with one attached hydrogen (secondary N) is 1. The molecule has 4 heterocycles. The molecule has 3 aromatic rings. The largest absolute Gasteiger partial charge is 0.331 e. The molecule has 37 heavy (non-hydrogen) atoms. The molecule has 192 valence electrons. The molecule has 2 aromatic heterocycles. The van der Waals surface area contributed by atoms with Gasteiger partial charge < -0.3 is 9.88 Å². The van der Waals surface area contributed by atoms with E-state index >= 15 is 4.39 Å². The van der Waals surface area contributed by atoms with Crippen LogP contribution in [0.5, 0.6) is 0 Å². The van der Waals surface area contributed by atoms with E-state index in [1.54, 1.807) is 0 Å². The topological polar surface area (TPSA) is 58.3 Å². The molecule has 0 saturated carbocycles. The first kappa shape index (κ1) is 25.4. The number of rotatable bonds is 6. The van der Waals surface area contributed by atoms with E-state index in [-0.39, 0.29) is 11.8 Å². The van der Waals surface area contributed by atoms with E-state index in [4.69, 9.17) is 4.98 Å². The number of fused-ring (bicyclic) bond motifs is 2. The highest BCUT2D eigenvalue weighted by atomic mass is 32.2. The fourth-order valence-electron chi connectivity index (χ4n) is 4.99. The van der Waals surface area contributed by atoms with E-state index in [1.165, 1.54) is 17.8 Å². The average molecular weight is 521 g/mol. The van der Waals surface area contributed by atoms with Gasteiger partial charge in [-0.15, -0.1) is 11.8 Å². The zero-order valence-corrected chi connectivity index (χ0v) is 22.1. The normalized spacial score (nSPS) is 21.1. The van der Waals surface area contributed by atoms with Crippen molar-refractivity contribution in [2.75, 3.05) is 18.8 Å². The molecule has 1 fully saturated rings. The van der Waals surface area contributed by atoms with Gasteiger partial charge in [0.25, 0.3) is 0 Å². The Morgan fingerprint density at radius 2 is 2.16 bits per heavy atom. The Morgan fingerprint density at radius 3 is 2.92 bits per heavy atom. The van der Waals surface area contributed by atoms with E-state index in [2.05, 4.69) is 35.6 Å². The lowest BCUT2D eigenvalue weighted by Crippen LogP contribution is -2.45. The lowest BCUT2D eigenvalue weighted by Gasteiger charge is -2.33. The van der Waals surface area contributed by atoms with Gasteiger partial charge in [0.1, 0.15) is 17.8 Å². The van der Waals surface area contributed by atoms with Gasteiger partial charge >= 0.3 is 0 Å². The number of alkyl halides is 1. The highest BCUT2D eigenvalue weighted by molar-refractivity contribution is 7.99. The number of hydrogen-bond acceptors (Lipinski definition) is 6. The minimum atomic E-state index is -1.22. The molecule has 0 aliphatic carbocycles. The Labute approximate surface area is 219 Å². The molecule has 5 rings (SSSR count). The number of hydrazone groups is 1. The summed E-state index contributed by atoms with van der Waals surface area (Å²) in [4.78, 5) is 10.4. The van der Waals surface area contributed by atoms with E-state index in [0.29, 0.717) is 35.5 Å². The van der Waals surface area contributed by atoms with Gasteiger partial charge in [-0.3, -0.25) is 9.99 Å². The minimum Gasteiger partial charge on any atom is -0.331 e. The number of hydrogen-bond donors (Lipinski definition) is 1. The molecule has 2 atom stereocenters. The maximum Gasteiger partial charge on any atom is 0.136 e. The van der Waals surface area contributed by atoms with Gasteiger partial charge in [0.15, 0.2) is 0 Å². The Balaban J connectivity index is 1.68. The predicted molar refractivity (Wildman–Crippen MR) is 148 cm³/mol. The van der Waals surface area contributed by atoms with Crippen molar-refractivity contribution < 1.29 is 8.78 Å². The van der Waals surface area contributed by atoms with Gasteiger partial charge in [0.2, 0.25) is 0 Å². The van der Waals surface area contributed by atoms with Crippen molar-refractivity contribution in [2.24, 2.45) is 12.1 Å². The first-order valence-electron chi connectivity index (χ1n) is 12.2. The smallest absolute Gasteiger partial charge is 0.136 e. The average Bonchev–Trinajstić information content (AvgIpc) is 3.41. The molecule has 1 N–H and O–H groups in total. The van der Waals surface area contributed by atoms with Crippen molar-refractivity contribution in [2.45, 2.75) is 37.4 Å². The number of nitrogens with zero attached hydrogens (tertiary/aromatic N) is 5. The van der Waals surface area contributed by atoms with Gasteiger partial charge in [-0.25, -0.2) is 13.8 Å². The van der Waals surface area contributed by atoms with Crippen LogP contribution in [0.2, 0.25) is 0 Å². The van der Waals surface area contributed by atoms with Crippen LogP contribution < -0.4 is 5.32 Å². The summed E-state index contributed by atoms with van der Waals surface area (Å²) >= 11 is 1.42. The second-order valence-electron chi connectivity index (χ2n) is 9.36. The summed E-state index contributed by atoms with van der Waals surface area (Å²) in [6.07, 6.45) is 3.66. The number of imidazole rings is 1. The summed E-state index contributed by atoms with van der Waals surface area (Å²) < 4.78 is 31.9. The van der Waals surface area contributed by atoms with Crippen LogP contribution in [0.1, 0.15) is 35.7 Å². The van der Waals surface area contributed by atoms with Gasteiger partial charge in [0, 0.05) is 66.3 Å². The van der Waals surface area contributed by atoms with Crippen LogP contribution in [0.15, 0.2) is 58.5 Å². The van der Waals surface area contributed by atoms with Gasteiger partial charge in [0.05, 0.1) is 28.5 Å². The van der Waals surface area contributed by atoms with Crippen molar-refractivity contribution in [3.63, 3.8) is 0 Å². The number of pyridine rings is 1. The van der Waals surface area contributed by atoms with Crippen LogP contribution in [0.25, 0.3) is 28.4 Å². The molecule has 2 aliphatic rings. The van der Waals surface area contributed by atoms with Gasteiger partial charge in [-0.05, 0) is 38.1 Å². The van der Waals surface area contributed by atoms with Crippen LogP contribution >= 0.6 is 11.8 Å². The quantitative estimate of drug-likeness (QED) is 0.324. The molecule has 0 spiro atoms. The molecular weight excluding hydrogens is 490 g/mol. The van der Waals surface area contributed by atoms with Gasteiger partial charge in [-0.1, -0.05) is 18.7 Å². The van der Waals surface area contributed by atoms with E-state index < -0.39 is 12.0 Å². The fraction of sp³-hybridized carbons (Fsp3) is 0.321. The summed E-state index contributed by atoms with van der Waals surface area (Å²) in [6, 6.07) is 6.16. The highest BCUT2D eigenvalue weighted by Gasteiger charge is 2.32. The molecule has 6 nitrogen and oxygen atoms in total. The standard InChI is InChI=1S/C28H30F2N6S/c1-6-19(29)12-21-23(9-8-20-14-32-13-16(2)36(20)31-4)34-27(28-26(21)22(30)15-37-28)18-7-10-25-24(11-18)33-17(3)35(25)5/h6-8,10-12,16,22,32H,1,4,9,13-15H2,2-3,5H3/b19-12?,20-8-. The first-order chi connectivity index (χ1) is 17.8. The van der Waals surface area contributed by atoms with Crippen LogP contribution in [-0.2, 0) is 13.5 Å². The maximum atomic E-state index is 15.4. The minimum absolute atomic E-state index is 0.152. The number of piperazine rings is 1. The lowest BCUT2D eigenvalue weighted by molar-refractivity contribution is 0.236. The van der Waals surface area contributed by atoms with Crippen LogP contribution in [0.4, 0.5) is 8.78 Å². The third kappa shape index (κ3) is 4.62. The second-order valence-corrected chi connectivity index (χ2v) is 10.4. The number of halogens is 2. The second kappa shape index (κ2) is 10.2. The monoisotopic (exact) mass is 520 g/mol. The van der Waals surface area contributed by atoms with Crippen molar-refractivity contribution in [1.29, 1.82) is 0 Å². The van der Waals surface area contributed by atoms with Crippen molar-refractivity contribution >= 4 is 35.6 Å². The molecule has 0 amide bonds. The summed E-state index contributed by atoms with van der Waals surface area (Å²) in [5.74, 6) is 0.653. The summed E-state index contributed by atoms with van der Waals surface area (Å²) in [7, 11) is 1.98. The fourth-order valence-corrected chi connectivity index (χ4v) is 6.17. The third-order valence-electron chi connectivity index (χ3n) is 6.99. The van der Waals surface area contributed by atoms with Crippen molar-refractivity contribution in [3.8, 4) is 11.3 Å². The lowest BCUT2D eigenvalue weighted by atomic mass is 9.96. The molecule has 2 aliphatic heterocycles. The Hall–Kier alpha value is -3.30. The molecule has 2 unspecified atom stereocenters. The highest BCUT2D eigenvalue weighted by Crippen LogP contribution is 2.48. The first-order valence-corrected chi connectivity index (χ1v) is 13.2. The summed E-state index contributed by atoms with van der Waals surface area (Å²) in [5, 5.41) is 9.44. The zero-order chi connectivity index (χ0) is 26.3. The SMILES string of the molecule is C=CC(F)=Cc1c(C/C=C2/CNCC(C)N2N=C)nc(-c2ccc3c(c2)nc(C)n3C)c2c1C(F)CS2. The number of aromatic nitrogens is 3. The Morgan fingerprint density at radius 1 is 1.35 bits per heavy atom. The molecule has 9 heteroatoms. The van der Waals surface area contributed by atoms with E-state index in [9.17, 15) is 4.39 Å². The molecule has 0 bridgehead atoms.